The van der Waals surface area contributed by atoms with Crippen LogP contribution in [-0.2, 0) is 6.54 Å². The van der Waals surface area contributed by atoms with Gasteiger partial charge in [0.15, 0.2) is 0 Å². The van der Waals surface area contributed by atoms with E-state index in [-0.39, 0.29) is 0 Å². The molecule has 1 aromatic rings. The number of nitrogens with one attached hydrogen (secondary N) is 1. The minimum atomic E-state index is 0.831. The van der Waals surface area contributed by atoms with Crippen molar-refractivity contribution in [3.05, 3.63) is 29.6 Å². The monoisotopic (exact) mass is 233 g/mol. The Hall–Kier alpha value is -0.930. The predicted molar refractivity (Wildman–Crippen MR) is 70.9 cm³/mol. The van der Waals surface area contributed by atoms with Crippen molar-refractivity contribution in [3.63, 3.8) is 0 Å². The van der Waals surface area contributed by atoms with Crippen molar-refractivity contribution >= 4 is 0 Å². The van der Waals surface area contributed by atoms with E-state index in [1.54, 1.807) is 0 Å². The van der Waals surface area contributed by atoms with Gasteiger partial charge in [-0.1, -0.05) is 6.92 Å². The third kappa shape index (κ3) is 3.51. The Balaban J connectivity index is 1.83. The number of hydrogen-bond acceptors (Lipinski definition) is 3. The number of aryl methyl sites for hydroxylation is 1. The number of aromatic nitrogens is 1. The average molecular weight is 233 g/mol. The molecule has 1 aliphatic rings. The summed E-state index contributed by atoms with van der Waals surface area (Å²) in [6.45, 7) is 10.1. The zero-order valence-corrected chi connectivity index (χ0v) is 10.9. The molecular formula is C14H23N3. The van der Waals surface area contributed by atoms with Gasteiger partial charge in [-0.15, -0.1) is 0 Å². The van der Waals surface area contributed by atoms with Gasteiger partial charge in [0.2, 0.25) is 0 Å². The highest BCUT2D eigenvalue weighted by atomic mass is 15.1. The first-order valence-electron chi connectivity index (χ1n) is 6.62. The number of hydrogen-bond donors (Lipinski definition) is 1. The molecule has 1 aromatic heterocycles. The molecule has 1 unspecified atom stereocenters. The fraction of sp³-hybridized carbons (Fsp3) is 0.643. The van der Waals surface area contributed by atoms with Crippen LogP contribution in [0.1, 0.15) is 24.5 Å². The average Bonchev–Trinajstić information content (AvgIpc) is 2.77. The smallest absolute Gasteiger partial charge is 0.0300 e. The van der Waals surface area contributed by atoms with Crippen LogP contribution >= 0.6 is 0 Å². The van der Waals surface area contributed by atoms with Gasteiger partial charge in [-0.2, -0.15) is 0 Å². The van der Waals surface area contributed by atoms with Gasteiger partial charge in [-0.25, -0.2) is 0 Å². The molecule has 1 aliphatic heterocycles. The van der Waals surface area contributed by atoms with Crippen molar-refractivity contribution < 1.29 is 0 Å². The van der Waals surface area contributed by atoms with Gasteiger partial charge in [0.25, 0.3) is 0 Å². The van der Waals surface area contributed by atoms with E-state index < -0.39 is 0 Å². The van der Waals surface area contributed by atoms with E-state index in [1.165, 1.54) is 37.2 Å². The predicted octanol–water partition coefficient (Wildman–Crippen LogP) is 1.82. The molecule has 1 saturated heterocycles. The Kier molecular flexibility index (Phi) is 4.51. The van der Waals surface area contributed by atoms with Crippen LogP contribution in [0.25, 0.3) is 0 Å². The highest BCUT2D eigenvalue weighted by molar-refractivity contribution is 5.21. The Morgan fingerprint density at radius 3 is 3.18 bits per heavy atom. The highest BCUT2D eigenvalue weighted by Gasteiger charge is 2.22. The van der Waals surface area contributed by atoms with Crippen LogP contribution in [0.4, 0.5) is 0 Å². The second-order valence-corrected chi connectivity index (χ2v) is 5.00. The lowest BCUT2D eigenvalue weighted by molar-refractivity contribution is 0.314. The fourth-order valence-electron chi connectivity index (χ4n) is 2.49. The molecule has 1 N–H and O–H groups in total. The SMILES string of the molecule is CCNCC1CCN(Cc2ccncc2C)C1. The Morgan fingerprint density at radius 2 is 2.41 bits per heavy atom. The van der Waals surface area contributed by atoms with Crippen LogP contribution in [0.5, 0.6) is 0 Å². The van der Waals surface area contributed by atoms with Crippen molar-refractivity contribution in [2.75, 3.05) is 26.2 Å². The lowest BCUT2D eigenvalue weighted by Gasteiger charge is -2.17. The number of pyridine rings is 1. The summed E-state index contributed by atoms with van der Waals surface area (Å²) in [7, 11) is 0. The van der Waals surface area contributed by atoms with Crippen molar-refractivity contribution in [2.45, 2.75) is 26.8 Å². The van der Waals surface area contributed by atoms with Crippen LogP contribution in [-0.4, -0.2) is 36.1 Å². The van der Waals surface area contributed by atoms with Gasteiger partial charge in [0.1, 0.15) is 0 Å². The first-order chi connectivity index (χ1) is 8.29. The molecule has 3 nitrogen and oxygen atoms in total. The normalized spacial score (nSPS) is 20.9. The van der Waals surface area contributed by atoms with Gasteiger partial charge < -0.3 is 5.32 Å². The molecule has 0 aliphatic carbocycles. The number of nitrogens with zero attached hydrogens (tertiary/aromatic N) is 2. The summed E-state index contributed by atoms with van der Waals surface area (Å²) in [5, 5.41) is 3.45. The molecule has 3 heteroatoms. The largest absolute Gasteiger partial charge is 0.317 e. The molecule has 2 heterocycles. The third-order valence-electron chi connectivity index (χ3n) is 3.58. The van der Waals surface area contributed by atoms with E-state index in [0.717, 1.165) is 19.0 Å². The van der Waals surface area contributed by atoms with E-state index in [1.807, 2.05) is 12.4 Å². The number of rotatable bonds is 5. The van der Waals surface area contributed by atoms with Gasteiger partial charge in [-0.05, 0) is 56.1 Å². The maximum atomic E-state index is 4.15. The lowest BCUT2D eigenvalue weighted by atomic mass is 10.1. The van der Waals surface area contributed by atoms with Crippen LogP contribution in [0.15, 0.2) is 18.5 Å². The van der Waals surface area contributed by atoms with E-state index in [9.17, 15) is 0 Å². The third-order valence-corrected chi connectivity index (χ3v) is 3.58. The van der Waals surface area contributed by atoms with Crippen LogP contribution in [0, 0.1) is 12.8 Å². The molecule has 0 saturated carbocycles. The second-order valence-electron chi connectivity index (χ2n) is 5.00. The van der Waals surface area contributed by atoms with Gasteiger partial charge in [-0.3, -0.25) is 9.88 Å². The Labute approximate surface area is 104 Å². The highest BCUT2D eigenvalue weighted by Crippen LogP contribution is 2.19. The number of likely N-dealkylation sites (tertiary alicyclic amines) is 1. The Morgan fingerprint density at radius 1 is 1.53 bits per heavy atom. The summed E-state index contributed by atoms with van der Waals surface area (Å²) in [5.74, 6) is 0.831. The minimum Gasteiger partial charge on any atom is -0.317 e. The molecular weight excluding hydrogens is 210 g/mol. The van der Waals surface area contributed by atoms with Crippen molar-refractivity contribution in [3.8, 4) is 0 Å². The molecule has 0 amide bonds. The lowest BCUT2D eigenvalue weighted by Crippen LogP contribution is -2.26. The first kappa shape index (κ1) is 12.5. The maximum absolute atomic E-state index is 4.15. The van der Waals surface area contributed by atoms with E-state index in [4.69, 9.17) is 0 Å². The zero-order chi connectivity index (χ0) is 12.1. The van der Waals surface area contributed by atoms with Crippen molar-refractivity contribution in [1.29, 1.82) is 0 Å². The molecule has 0 spiro atoms. The summed E-state index contributed by atoms with van der Waals surface area (Å²) in [5.41, 5.74) is 2.73. The van der Waals surface area contributed by atoms with Crippen molar-refractivity contribution in [2.24, 2.45) is 5.92 Å². The molecule has 1 atom stereocenters. The van der Waals surface area contributed by atoms with Crippen LogP contribution in [0.2, 0.25) is 0 Å². The molecule has 94 valence electrons. The summed E-state index contributed by atoms with van der Waals surface area (Å²) in [6.07, 6.45) is 5.19. The fourth-order valence-corrected chi connectivity index (χ4v) is 2.49. The molecule has 2 rings (SSSR count). The van der Waals surface area contributed by atoms with E-state index in [0.29, 0.717) is 0 Å². The first-order valence-corrected chi connectivity index (χ1v) is 6.62. The molecule has 1 fully saturated rings. The van der Waals surface area contributed by atoms with Gasteiger partial charge in [0.05, 0.1) is 0 Å². The van der Waals surface area contributed by atoms with Crippen molar-refractivity contribution in [1.82, 2.24) is 15.2 Å². The Bertz CT molecular complexity index is 351. The van der Waals surface area contributed by atoms with Crippen LogP contribution < -0.4 is 5.32 Å². The standard InChI is InChI=1S/C14H23N3/c1-3-15-9-13-5-7-17(10-13)11-14-4-6-16-8-12(14)2/h4,6,8,13,15H,3,5,7,9-11H2,1-2H3. The molecule has 0 bridgehead atoms. The molecule has 0 aromatic carbocycles. The van der Waals surface area contributed by atoms with Gasteiger partial charge in [0, 0.05) is 25.5 Å². The summed E-state index contributed by atoms with van der Waals surface area (Å²) < 4.78 is 0. The quantitative estimate of drug-likeness (QED) is 0.841. The summed E-state index contributed by atoms with van der Waals surface area (Å²) >= 11 is 0. The van der Waals surface area contributed by atoms with E-state index >= 15 is 0 Å². The van der Waals surface area contributed by atoms with Gasteiger partial charge >= 0.3 is 0 Å². The van der Waals surface area contributed by atoms with Crippen LogP contribution in [0.3, 0.4) is 0 Å². The second kappa shape index (κ2) is 6.12. The topological polar surface area (TPSA) is 28.2 Å². The minimum absolute atomic E-state index is 0.831. The molecule has 0 radical (unpaired) electrons. The summed E-state index contributed by atoms with van der Waals surface area (Å²) in [6, 6.07) is 2.15. The van der Waals surface area contributed by atoms with E-state index in [2.05, 4.69) is 35.1 Å². The zero-order valence-electron chi connectivity index (χ0n) is 10.9. The molecule has 17 heavy (non-hydrogen) atoms. The maximum Gasteiger partial charge on any atom is 0.0300 e. The summed E-state index contributed by atoms with van der Waals surface area (Å²) in [4.78, 5) is 6.71.